The highest BCUT2D eigenvalue weighted by molar-refractivity contribution is 6.10. The van der Waals surface area contributed by atoms with E-state index in [1.54, 1.807) is 18.2 Å². The molecule has 0 spiro atoms. The molecule has 0 aliphatic rings. The van der Waals surface area contributed by atoms with E-state index in [4.69, 9.17) is 4.42 Å². The van der Waals surface area contributed by atoms with Gasteiger partial charge in [0.1, 0.15) is 0 Å². The number of nitrogens with one attached hydrogen (secondary N) is 1. The second kappa shape index (κ2) is 4.49. The molecule has 100 valence electrons. The average molecular weight is 267 g/mol. The summed E-state index contributed by atoms with van der Waals surface area (Å²) in [6, 6.07) is 10.6. The molecule has 20 heavy (non-hydrogen) atoms. The first kappa shape index (κ1) is 12.4. The lowest BCUT2D eigenvalue weighted by Gasteiger charge is -2.04. The zero-order valence-corrected chi connectivity index (χ0v) is 11.2. The molecule has 0 aliphatic carbocycles. The molecule has 0 atom stereocenters. The SMILES string of the molecule is Cc1ccc(C(=O)c2ccc3[nH]c(=O)oc3c2)cc1C. The molecular weight excluding hydrogens is 254 g/mol. The predicted molar refractivity (Wildman–Crippen MR) is 76.2 cm³/mol. The van der Waals surface area contributed by atoms with E-state index in [2.05, 4.69) is 4.98 Å². The predicted octanol–water partition coefficient (Wildman–Crippen LogP) is 2.97. The van der Waals surface area contributed by atoms with E-state index in [-0.39, 0.29) is 5.78 Å². The van der Waals surface area contributed by atoms with Gasteiger partial charge in [-0.1, -0.05) is 12.1 Å². The van der Waals surface area contributed by atoms with E-state index in [0.29, 0.717) is 22.2 Å². The van der Waals surface area contributed by atoms with Crippen molar-refractivity contribution in [1.82, 2.24) is 4.98 Å². The molecule has 3 aromatic rings. The van der Waals surface area contributed by atoms with E-state index < -0.39 is 5.76 Å². The number of aromatic nitrogens is 1. The van der Waals surface area contributed by atoms with Crippen molar-refractivity contribution < 1.29 is 9.21 Å². The van der Waals surface area contributed by atoms with Gasteiger partial charge >= 0.3 is 5.76 Å². The summed E-state index contributed by atoms with van der Waals surface area (Å²) < 4.78 is 4.97. The van der Waals surface area contributed by atoms with Crippen LogP contribution in [-0.4, -0.2) is 10.8 Å². The number of ketones is 1. The number of carbonyl (C=O) groups excluding carboxylic acids is 1. The largest absolute Gasteiger partial charge is 0.417 e. The maximum absolute atomic E-state index is 12.4. The third-order valence-corrected chi connectivity index (χ3v) is 3.45. The molecule has 4 nitrogen and oxygen atoms in total. The van der Waals surface area contributed by atoms with Crippen LogP contribution in [0.25, 0.3) is 11.1 Å². The first-order valence-corrected chi connectivity index (χ1v) is 6.29. The van der Waals surface area contributed by atoms with Crippen molar-refractivity contribution >= 4 is 16.9 Å². The highest BCUT2D eigenvalue weighted by Crippen LogP contribution is 2.17. The number of benzene rings is 2. The van der Waals surface area contributed by atoms with Gasteiger partial charge in [-0.25, -0.2) is 4.79 Å². The molecule has 0 fully saturated rings. The smallest absolute Gasteiger partial charge is 0.408 e. The molecule has 1 N–H and O–H groups in total. The lowest BCUT2D eigenvalue weighted by atomic mass is 9.99. The van der Waals surface area contributed by atoms with E-state index in [1.807, 2.05) is 32.0 Å². The zero-order chi connectivity index (χ0) is 14.3. The molecule has 2 aromatic carbocycles. The Bertz CT molecular complexity index is 871. The second-order valence-electron chi connectivity index (χ2n) is 4.85. The van der Waals surface area contributed by atoms with Crippen molar-refractivity contribution in [3.8, 4) is 0 Å². The molecule has 0 unspecified atom stereocenters. The van der Waals surface area contributed by atoms with Gasteiger partial charge in [0.15, 0.2) is 11.4 Å². The molecule has 0 aliphatic heterocycles. The first-order chi connectivity index (χ1) is 9.54. The van der Waals surface area contributed by atoms with Crippen LogP contribution in [0.15, 0.2) is 45.6 Å². The highest BCUT2D eigenvalue weighted by Gasteiger charge is 2.12. The Morgan fingerprint density at radius 3 is 2.45 bits per heavy atom. The van der Waals surface area contributed by atoms with Crippen LogP contribution >= 0.6 is 0 Å². The molecule has 0 amide bonds. The van der Waals surface area contributed by atoms with Crippen molar-refractivity contribution in [2.45, 2.75) is 13.8 Å². The van der Waals surface area contributed by atoms with Crippen molar-refractivity contribution in [2.24, 2.45) is 0 Å². The lowest BCUT2D eigenvalue weighted by Crippen LogP contribution is -2.01. The highest BCUT2D eigenvalue weighted by atomic mass is 16.4. The molecule has 3 rings (SSSR count). The van der Waals surface area contributed by atoms with E-state index in [1.165, 1.54) is 0 Å². The molecule has 0 saturated heterocycles. The van der Waals surface area contributed by atoms with Gasteiger partial charge in [-0.3, -0.25) is 9.78 Å². The van der Waals surface area contributed by atoms with Gasteiger partial charge in [0.05, 0.1) is 5.52 Å². The van der Waals surface area contributed by atoms with Crippen LogP contribution in [0.4, 0.5) is 0 Å². The van der Waals surface area contributed by atoms with Crippen molar-refractivity contribution in [3.63, 3.8) is 0 Å². The fourth-order valence-corrected chi connectivity index (χ4v) is 2.14. The maximum atomic E-state index is 12.4. The van der Waals surface area contributed by atoms with Crippen LogP contribution in [0.5, 0.6) is 0 Å². The fourth-order valence-electron chi connectivity index (χ4n) is 2.14. The molecular formula is C16H13NO3. The van der Waals surface area contributed by atoms with Gasteiger partial charge in [-0.05, 0) is 49.2 Å². The second-order valence-corrected chi connectivity index (χ2v) is 4.85. The van der Waals surface area contributed by atoms with Gasteiger partial charge in [0.2, 0.25) is 0 Å². The number of H-pyrrole nitrogens is 1. The number of hydrogen-bond donors (Lipinski definition) is 1. The number of oxazole rings is 1. The Morgan fingerprint density at radius 1 is 1.00 bits per heavy atom. The van der Waals surface area contributed by atoms with Crippen LogP contribution in [0, 0.1) is 13.8 Å². The Labute approximate surface area is 115 Å². The monoisotopic (exact) mass is 267 g/mol. The number of carbonyl (C=O) groups is 1. The minimum absolute atomic E-state index is 0.0844. The summed E-state index contributed by atoms with van der Waals surface area (Å²) in [6.45, 7) is 3.98. The molecule has 4 heteroatoms. The Kier molecular flexibility index (Phi) is 2.79. The van der Waals surface area contributed by atoms with Gasteiger partial charge in [0.25, 0.3) is 0 Å². The summed E-state index contributed by atoms with van der Waals surface area (Å²) in [5.74, 6) is -0.602. The average Bonchev–Trinajstić information content (AvgIpc) is 2.80. The van der Waals surface area contributed by atoms with E-state index in [9.17, 15) is 9.59 Å². The third kappa shape index (κ3) is 2.05. The van der Waals surface area contributed by atoms with Gasteiger partial charge in [-0.2, -0.15) is 0 Å². The third-order valence-electron chi connectivity index (χ3n) is 3.45. The number of fused-ring (bicyclic) bond motifs is 1. The molecule has 1 aromatic heterocycles. The van der Waals surface area contributed by atoms with Gasteiger partial charge < -0.3 is 4.42 Å². The minimum atomic E-state index is -0.518. The lowest BCUT2D eigenvalue weighted by molar-refractivity contribution is 0.103. The van der Waals surface area contributed by atoms with Gasteiger partial charge in [-0.15, -0.1) is 0 Å². The summed E-state index contributed by atoms with van der Waals surface area (Å²) in [5.41, 5.74) is 4.34. The number of aromatic amines is 1. The van der Waals surface area contributed by atoms with Crippen molar-refractivity contribution in [3.05, 3.63) is 69.2 Å². The topological polar surface area (TPSA) is 63.1 Å². The van der Waals surface area contributed by atoms with Crippen LogP contribution in [-0.2, 0) is 0 Å². The van der Waals surface area contributed by atoms with Crippen LogP contribution in [0.1, 0.15) is 27.0 Å². The number of hydrogen-bond acceptors (Lipinski definition) is 3. The zero-order valence-electron chi connectivity index (χ0n) is 11.2. The van der Waals surface area contributed by atoms with Crippen LogP contribution in [0.2, 0.25) is 0 Å². The maximum Gasteiger partial charge on any atom is 0.417 e. The number of rotatable bonds is 2. The molecule has 0 saturated carbocycles. The van der Waals surface area contributed by atoms with Crippen LogP contribution < -0.4 is 5.76 Å². The molecule has 0 radical (unpaired) electrons. The standard InChI is InChI=1S/C16H13NO3/c1-9-3-4-11(7-10(9)2)15(18)12-5-6-13-14(8-12)20-16(19)17-13/h3-8H,1-2H3,(H,17,19). The molecule has 1 heterocycles. The summed E-state index contributed by atoms with van der Waals surface area (Å²) in [7, 11) is 0. The fraction of sp³-hybridized carbons (Fsp3) is 0.125. The Hall–Kier alpha value is -2.62. The Balaban J connectivity index is 2.07. The summed E-state index contributed by atoms with van der Waals surface area (Å²) in [4.78, 5) is 26.1. The van der Waals surface area contributed by atoms with E-state index >= 15 is 0 Å². The van der Waals surface area contributed by atoms with Crippen molar-refractivity contribution in [2.75, 3.05) is 0 Å². The number of aryl methyl sites for hydroxylation is 2. The minimum Gasteiger partial charge on any atom is -0.408 e. The summed E-state index contributed by atoms with van der Waals surface area (Å²) in [5, 5.41) is 0. The summed E-state index contributed by atoms with van der Waals surface area (Å²) >= 11 is 0. The van der Waals surface area contributed by atoms with Crippen LogP contribution in [0.3, 0.4) is 0 Å². The normalized spacial score (nSPS) is 10.9. The van der Waals surface area contributed by atoms with E-state index in [0.717, 1.165) is 11.1 Å². The molecule has 0 bridgehead atoms. The van der Waals surface area contributed by atoms with Gasteiger partial charge in [0, 0.05) is 11.1 Å². The summed E-state index contributed by atoms with van der Waals surface area (Å²) in [6.07, 6.45) is 0. The first-order valence-electron chi connectivity index (χ1n) is 6.29. The van der Waals surface area contributed by atoms with Crippen molar-refractivity contribution in [1.29, 1.82) is 0 Å². The Morgan fingerprint density at radius 2 is 1.70 bits per heavy atom. The quantitative estimate of drug-likeness (QED) is 0.726.